The minimum absolute atomic E-state index is 0.0887. The maximum atomic E-state index is 12.4. The fraction of sp³-hybridized carbons (Fsp3) is 0.778. The van der Waals surface area contributed by atoms with Crippen LogP contribution < -0.4 is 11.1 Å². The largest absolute Gasteiger partial charge is 0.379 e. The van der Waals surface area contributed by atoms with E-state index in [0.29, 0.717) is 50.2 Å². The molecular weight excluding hydrogens is 380 g/mol. The van der Waals surface area contributed by atoms with Crippen LogP contribution in [0.4, 0.5) is 5.13 Å². The normalized spacial score (nSPS) is 23.9. The van der Waals surface area contributed by atoms with Crippen LogP contribution in [0.1, 0.15) is 43.0 Å². The zero-order chi connectivity index (χ0) is 19.6. The number of carbonyl (C=O) groups is 2. The maximum absolute atomic E-state index is 12.4. The average Bonchev–Trinajstić information content (AvgIpc) is 3.09. The molecule has 3 N–H and O–H groups in total. The second kappa shape index (κ2) is 8.40. The quantitative estimate of drug-likeness (QED) is 0.700. The van der Waals surface area contributed by atoms with Gasteiger partial charge in [0.05, 0.1) is 19.8 Å². The van der Waals surface area contributed by atoms with Crippen LogP contribution in [-0.2, 0) is 14.3 Å². The lowest BCUT2D eigenvalue weighted by atomic mass is 9.84. The van der Waals surface area contributed by atoms with Crippen molar-refractivity contribution in [1.82, 2.24) is 20.0 Å². The second-order valence-electron chi connectivity index (χ2n) is 7.89. The summed E-state index contributed by atoms with van der Waals surface area (Å²) in [5.74, 6) is 0.164. The molecule has 3 aliphatic rings. The first-order chi connectivity index (χ1) is 13.6. The van der Waals surface area contributed by atoms with Crippen molar-refractivity contribution in [3.05, 3.63) is 5.01 Å². The van der Waals surface area contributed by atoms with E-state index in [1.54, 1.807) is 0 Å². The Morgan fingerprint density at radius 1 is 1.18 bits per heavy atom. The van der Waals surface area contributed by atoms with E-state index < -0.39 is 5.54 Å². The highest BCUT2D eigenvalue weighted by atomic mass is 32.1. The van der Waals surface area contributed by atoms with Crippen LogP contribution in [0.15, 0.2) is 0 Å². The van der Waals surface area contributed by atoms with Gasteiger partial charge in [-0.15, -0.1) is 10.2 Å². The summed E-state index contributed by atoms with van der Waals surface area (Å²) in [5, 5.41) is 12.8. The monoisotopic (exact) mass is 408 g/mol. The molecule has 2 aliphatic heterocycles. The molecule has 3 heterocycles. The Kier molecular flexibility index (Phi) is 5.91. The zero-order valence-electron chi connectivity index (χ0n) is 16.1. The van der Waals surface area contributed by atoms with Gasteiger partial charge in [-0.25, -0.2) is 0 Å². The van der Waals surface area contributed by atoms with Crippen LogP contribution in [0.5, 0.6) is 0 Å². The summed E-state index contributed by atoms with van der Waals surface area (Å²) in [6.07, 6.45) is 4.86. The molecule has 0 bridgehead atoms. The van der Waals surface area contributed by atoms with Gasteiger partial charge >= 0.3 is 0 Å². The third kappa shape index (κ3) is 4.05. The lowest BCUT2D eigenvalue weighted by molar-refractivity contribution is -0.138. The fourth-order valence-corrected chi connectivity index (χ4v) is 5.19. The minimum atomic E-state index is -0.617. The van der Waals surface area contributed by atoms with E-state index in [0.717, 1.165) is 18.1 Å². The number of anilines is 1. The summed E-state index contributed by atoms with van der Waals surface area (Å²) in [4.78, 5) is 28.9. The van der Waals surface area contributed by atoms with Gasteiger partial charge in [0.2, 0.25) is 16.9 Å². The van der Waals surface area contributed by atoms with Gasteiger partial charge < -0.3 is 10.5 Å². The van der Waals surface area contributed by atoms with Crippen LogP contribution in [-0.4, -0.2) is 83.3 Å². The highest BCUT2D eigenvalue weighted by Crippen LogP contribution is 2.38. The number of amides is 2. The molecule has 4 rings (SSSR count). The molecule has 2 amide bonds. The molecule has 0 spiro atoms. The lowest BCUT2D eigenvalue weighted by Gasteiger charge is -2.47. The number of morpholine rings is 1. The van der Waals surface area contributed by atoms with Crippen LogP contribution in [0.2, 0.25) is 0 Å². The SMILES string of the molecule is NC(=O)C1(N2CCOCC2)CCN(CC(=O)Nc2nnc(C3CCC3)s2)CC1. The summed E-state index contributed by atoms with van der Waals surface area (Å²) in [5.41, 5.74) is 5.17. The van der Waals surface area contributed by atoms with Crippen molar-refractivity contribution < 1.29 is 14.3 Å². The Hall–Kier alpha value is -1.62. The van der Waals surface area contributed by atoms with E-state index in [9.17, 15) is 9.59 Å². The van der Waals surface area contributed by atoms with Crippen LogP contribution in [0, 0.1) is 0 Å². The number of aromatic nitrogens is 2. The molecule has 1 saturated carbocycles. The molecule has 1 aliphatic carbocycles. The molecular formula is C18H28N6O3S. The van der Waals surface area contributed by atoms with Gasteiger partial charge in [0.25, 0.3) is 0 Å². The first-order valence-electron chi connectivity index (χ1n) is 10.1. The Balaban J connectivity index is 1.28. The number of nitrogens with zero attached hydrogens (tertiary/aromatic N) is 4. The van der Waals surface area contributed by atoms with Crippen LogP contribution in [0.25, 0.3) is 0 Å². The molecule has 9 nitrogen and oxygen atoms in total. The number of likely N-dealkylation sites (tertiary alicyclic amines) is 1. The Morgan fingerprint density at radius 3 is 2.50 bits per heavy atom. The maximum Gasteiger partial charge on any atom is 0.240 e. The van der Waals surface area contributed by atoms with Crippen molar-refractivity contribution in [2.45, 2.75) is 43.6 Å². The van der Waals surface area contributed by atoms with Crippen molar-refractivity contribution in [2.24, 2.45) is 5.73 Å². The van der Waals surface area contributed by atoms with Crippen molar-refractivity contribution in [2.75, 3.05) is 51.3 Å². The summed E-state index contributed by atoms with van der Waals surface area (Å²) >= 11 is 1.48. The average molecular weight is 409 g/mol. The number of nitrogens with one attached hydrogen (secondary N) is 1. The van der Waals surface area contributed by atoms with Crippen molar-refractivity contribution in [1.29, 1.82) is 0 Å². The molecule has 154 valence electrons. The predicted molar refractivity (Wildman–Crippen MR) is 105 cm³/mol. The van der Waals surface area contributed by atoms with Gasteiger partial charge in [-0.2, -0.15) is 0 Å². The first kappa shape index (κ1) is 19.7. The van der Waals surface area contributed by atoms with Gasteiger partial charge in [-0.05, 0) is 25.7 Å². The van der Waals surface area contributed by atoms with Gasteiger partial charge in [0.1, 0.15) is 10.5 Å². The summed E-state index contributed by atoms with van der Waals surface area (Å²) in [6, 6.07) is 0. The molecule has 0 atom stereocenters. The summed E-state index contributed by atoms with van der Waals surface area (Å²) in [6.45, 7) is 4.33. The minimum Gasteiger partial charge on any atom is -0.379 e. The third-order valence-electron chi connectivity index (χ3n) is 6.27. The van der Waals surface area contributed by atoms with Gasteiger partial charge in [-0.3, -0.25) is 24.7 Å². The first-order valence-corrected chi connectivity index (χ1v) is 10.9. The fourth-order valence-electron chi connectivity index (χ4n) is 4.26. The van der Waals surface area contributed by atoms with E-state index in [1.807, 2.05) is 0 Å². The predicted octanol–water partition coefficient (Wildman–Crippen LogP) is 0.396. The van der Waals surface area contributed by atoms with Crippen LogP contribution >= 0.6 is 11.3 Å². The number of nitrogens with two attached hydrogens (primary N) is 1. The number of hydrogen-bond donors (Lipinski definition) is 2. The Labute approximate surface area is 168 Å². The molecule has 0 aromatic carbocycles. The number of hydrogen-bond acceptors (Lipinski definition) is 8. The molecule has 0 unspecified atom stereocenters. The standard InChI is InChI=1S/C18H28N6O3S/c19-16(26)18(24-8-10-27-11-9-24)4-6-23(7-5-18)12-14(25)20-17-22-21-15(28-17)13-2-1-3-13/h13H,1-12H2,(H2,19,26)(H,20,22,25). The number of ether oxygens (including phenoxy) is 1. The Bertz CT molecular complexity index is 708. The van der Waals surface area contributed by atoms with E-state index in [-0.39, 0.29) is 18.4 Å². The third-order valence-corrected chi connectivity index (χ3v) is 7.27. The van der Waals surface area contributed by atoms with E-state index >= 15 is 0 Å². The topological polar surface area (TPSA) is 114 Å². The zero-order valence-corrected chi connectivity index (χ0v) is 16.9. The molecule has 2 saturated heterocycles. The van der Waals surface area contributed by atoms with Gasteiger partial charge in [0.15, 0.2) is 0 Å². The highest BCUT2D eigenvalue weighted by Gasteiger charge is 2.45. The Morgan fingerprint density at radius 2 is 1.89 bits per heavy atom. The summed E-state index contributed by atoms with van der Waals surface area (Å²) in [7, 11) is 0. The van der Waals surface area contributed by atoms with Gasteiger partial charge in [-0.1, -0.05) is 17.8 Å². The molecule has 0 radical (unpaired) electrons. The molecule has 28 heavy (non-hydrogen) atoms. The summed E-state index contributed by atoms with van der Waals surface area (Å²) < 4.78 is 5.41. The highest BCUT2D eigenvalue weighted by molar-refractivity contribution is 7.15. The van der Waals surface area contributed by atoms with Crippen molar-refractivity contribution in [3.8, 4) is 0 Å². The second-order valence-corrected chi connectivity index (χ2v) is 8.90. The molecule has 10 heteroatoms. The van der Waals surface area contributed by atoms with E-state index in [1.165, 1.54) is 30.6 Å². The number of carbonyl (C=O) groups excluding carboxylic acids is 2. The van der Waals surface area contributed by atoms with Crippen LogP contribution in [0.3, 0.4) is 0 Å². The van der Waals surface area contributed by atoms with Crippen molar-refractivity contribution >= 4 is 28.3 Å². The van der Waals surface area contributed by atoms with Crippen molar-refractivity contribution in [3.63, 3.8) is 0 Å². The smallest absolute Gasteiger partial charge is 0.240 e. The lowest BCUT2D eigenvalue weighted by Crippen LogP contribution is -2.64. The van der Waals surface area contributed by atoms with E-state index in [2.05, 4.69) is 25.3 Å². The van der Waals surface area contributed by atoms with E-state index in [4.69, 9.17) is 10.5 Å². The molecule has 1 aromatic rings. The molecule has 1 aromatic heterocycles. The molecule has 3 fully saturated rings. The number of rotatable bonds is 6. The number of piperidine rings is 1. The van der Waals surface area contributed by atoms with Gasteiger partial charge in [0, 0.05) is 32.1 Å². The number of primary amides is 1.